The fraction of sp³-hybridized carbons (Fsp3) is 0.538. The van der Waals surface area contributed by atoms with Crippen LogP contribution < -0.4 is 15.4 Å². The van der Waals surface area contributed by atoms with Gasteiger partial charge in [-0.3, -0.25) is 0 Å². The largest absolute Gasteiger partial charge is 0.491 e. The molecular weight excluding hydrogens is 200 g/mol. The van der Waals surface area contributed by atoms with Crippen LogP contribution in [0.5, 0.6) is 5.75 Å². The highest BCUT2D eigenvalue weighted by molar-refractivity contribution is 5.59. The highest BCUT2D eigenvalue weighted by atomic mass is 16.5. The van der Waals surface area contributed by atoms with Crippen molar-refractivity contribution in [1.82, 2.24) is 0 Å². The molecule has 16 heavy (non-hydrogen) atoms. The van der Waals surface area contributed by atoms with Gasteiger partial charge in [0.25, 0.3) is 0 Å². The third-order valence-electron chi connectivity index (χ3n) is 2.89. The van der Waals surface area contributed by atoms with Crippen LogP contribution >= 0.6 is 0 Å². The summed E-state index contributed by atoms with van der Waals surface area (Å²) in [5, 5.41) is 0. The zero-order chi connectivity index (χ0) is 11.4. The molecule has 2 rings (SSSR count). The van der Waals surface area contributed by atoms with Crippen LogP contribution in [-0.2, 0) is 0 Å². The maximum atomic E-state index is 5.93. The van der Waals surface area contributed by atoms with Crippen molar-refractivity contribution in [3.8, 4) is 5.75 Å². The van der Waals surface area contributed by atoms with Crippen LogP contribution in [0, 0.1) is 0 Å². The highest BCUT2D eigenvalue weighted by Gasteiger charge is 2.21. The van der Waals surface area contributed by atoms with Crippen molar-refractivity contribution in [2.45, 2.75) is 25.8 Å². The summed E-state index contributed by atoms with van der Waals surface area (Å²) in [5.74, 6) is 0.985. The molecule has 1 saturated heterocycles. The predicted molar refractivity (Wildman–Crippen MR) is 67.0 cm³/mol. The van der Waals surface area contributed by atoms with Gasteiger partial charge in [-0.25, -0.2) is 0 Å². The summed E-state index contributed by atoms with van der Waals surface area (Å²) >= 11 is 0. The van der Waals surface area contributed by atoms with E-state index in [2.05, 4.69) is 24.0 Å². The van der Waals surface area contributed by atoms with Crippen LogP contribution in [-0.4, -0.2) is 25.7 Å². The molecule has 1 aromatic rings. The van der Waals surface area contributed by atoms with Crippen molar-refractivity contribution in [3.63, 3.8) is 0 Å². The fourth-order valence-electron chi connectivity index (χ4n) is 2.06. The fourth-order valence-corrected chi connectivity index (χ4v) is 2.06. The van der Waals surface area contributed by atoms with Gasteiger partial charge in [0.1, 0.15) is 5.75 Å². The maximum Gasteiger partial charge on any atom is 0.142 e. The van der Waals surface area contributed by atoms with Crippen molar-refractivity contribution >= 4 is 5.69 Å². The topological polar surface area (TPSA) is 38.5 Å². The number of nitrogens with two attached hydrogens (primary N) is 1. The molecule has 1 aliphatic rings. The molecule has 1 fully saturated rings. The van der Waals surface area contributed by atoms with E-state index in [4.69, 9.17) is 10.5 Å². The van der Waals surface area contributed by atoms with E-state index in [9.17, 15) is 0 Å². The maximum absolute atomic E-state index is 5.93. The number of rotatable bonds is 4. The number of anilines is 1. The average Bonchev–Trinajstić information content (AvgIpc) is 2.73. The second-order valence-electron chi connectivity index (χ2n) is 4.31. The van der Waals surface area contributed by atoms with E-state index >= 15 is 0 Å². The quantitative estimate of drug-likeness (QED) is 0.843. The van der Waals surface area contributed by atoms with Crippen molar-refractivity contribution in [2.75, 3.05) is 24.6 Å². The molecule has 1 aromatic carbocycles. The van der Waals surface area contributed by atoms with Gasteiger partial charge in [0.05, 0.1) is 12.3 Å². The van der Waals surface area contributed by atoms with Gasteiger partial charge in [-0.1, -0.05) is 19.1 Å². The van der Waals surface area contributed by atoms with E-state index in [0.717, 1.165) is 38.3 Å². The van der Waals surface area contributed by atoms with Crippen LogP contribution in [0.4, 0.5) is 5.69 Å². The molecule has 0 radical (unpaired) electrons. The Hall–Kier alpha value is -1.22. The smallest absolute Gasteiger partial charge is 0.142 e. The lowest BCUT2D eigenvalue weighted by molar-refractivity contribution is 0.318. The molecule has 0 aromatic heterocycles. The zero-order valence-corrected chi connectivity index (χ0v) is 9.86. The molecule has 0 saturated carbocycles. The van der Waals surface area contributed by atoms with E-state index in [1.165, 1.54) is 5.69 Å². The van der Waals surface area contributed by atoms with E-state index < -0.39 is 0 Å². The Morgan fingerprint density at radius 2 is 2.25 bits per heavy atom. The zero-order valence-electron chi connectivity index (χ0n) is 9.86. The molecule has 1 aliphatic heterocycles. The minimum absolute atomic E-state index is 0.305. The van der Waals surface area contributed by atoms with Crippen LogP contribution in [0.25, 0.3) is 0 Å². The number of para-hydroxylation sites is 2. The molecule has 0 spiro atoms. The average molecular weight is 220 g/mol. The Morgan fingerprint density at radius 1 is 1.44 bits per heavy atom. The molecule has 0 aliphatic carbocycles. The summed E-state index contributed by atoms with van der Waals surface area (Å²) in [4.78, 5) is 2.32. The second-order valence-corrected chi connectivity index (χ2v) is 4.31. The Kier molecular flexibility index (Phi) is 3.67. The SMILES string of the molecule is CCCOc1ccccc1N1CCC(N)C1. The van der Waals surface area contributed by atoms with Gasteiger partial charge in [-0.05, 0) is 25.0 Å². The summed E-state index contributed by atoms with van der Waals surface area (Å²) in [6, 6.07) is 8.53. The lowest BCUT2D eigenvalue weighted by atomic mass is 10.2. The van der Waals surface area contributed by atoms with E-state index in [-0.39, 0.29) is 0 Å². The van der Waals surface area contributed by atoms with E-state index in [1.54, 1.807) is 0 Å². The van der Waals surface area contributed by atoms with Gasteiger partial charge >= 0.3 is 0 Å². The number of hydrogen-bond donors (Lipinski definition) is 1. The predicted octanol–water partition coefficient (Wildman–Crippen LogP) is 2.01. The first-order chi connectivity index (χ1) is 7.81. The van der Waals surface area contributed by atoms with Crippen molar-refractivity contribution in [1.29, 1.82) is 0 Å². The molecule has 1 atom stereocenters. The third kappa shape index (κ3) is 2.47. The van der Waals surface area contributed by atoms with Gasteiger partial charge in [-0.2, -0.15) is 0 Å². The molecule has 0 amide bonds. The van der Waals surface area contributed by atoms with Gasteiger partial charge in [0, 0.05) is 19.1 Å². The van der Waals surface area contributed by atoms with Crippen LogP contribution in [0.15, 0.2) is 24.3 Å². The van der Waals surface area contributed by atoms with E-state index in [0.29, 0.717) is 6.04 Å². The molecular formula is C13H20N2O. The normalized spacial score (nSPS) is 20.1. The van der Waals surface area contributed by atoms with Gasteiger partial charge in [0.15, 0.2) is 0 Å². The first-order valence-electron chi connectivity index (χ1n) is 6.03. The van der Waals surface area contributed by atoms with Gasteiger partial charge < -0.3 is 15.4 Å². The summed E-state index contributed by atoms with van der Waals surface area (Å²) in [7, 11) is 0. The van der Waals surface area contributed by atoms with Crippen LogP contribution in [0.1, 0.15) is 19.8 Å². The molecule has 88 valence electrons. The van der Waals surface area contributed by atoms with Crippen molar-refractivity contribution < 1.29 is 4.74 Å². The lowest BCUT2D eigenvalue weighted by Gasteiger charge is -2.21. The van der Waals surface area contributed by atoms with Gasteiger partial charge in [0.2, 0.25) is 0 Å². The molecule has 3 heteroatoms. The first kappa shape index (κ1) is 11.3. The number of hydrogen-bond acceptors (Lipinski definition) is 3. The monoisotopic (exact) mass is 220 g/mol. The minimum Gasteiger partial charge on any atom is -0.491 e. The second kappa shape index (κ2) is 5.21. The Morgan fingerprint density at radius 3 is 2.94 bits per heavy atom. The number of benzene rings is 1. The lowest BCUT2D eigenvalue weighted by Crippen LogP contribution is -2.26. The Bertz CT molecular complexity index is 340. The summed E-state index contributed by atoms with van der Waals surface area (Å²) in [6.45, 7) is 4.87. The first-order valence-corrected chi connectivity index (χ1v) is 6.03. The Labute approximate surface area is 97.2 Å². The molecule has 1 unspecified atom stereocenters. The van der Waals surface area contributed by atoms with Gasteiger partial charge in [-0.15, -0.1) is 0 Å². The number of nitrogens with zero attached hydrogens (tertiary/aromatic N) is 1. The molecule has 1 heterocycles. The molecule has 3 nitrogen and oxygen atoms in total. The van der Waals surface area contributed by atoms with Crippen molar-refractivity contribution in [3.05, 3.63) is 24.3 Å². The summed E-state index contributed by atoms with van der Waals surface area (Å²) < 4.78 is 5.75. The summed E-state index contributed by atoms with van der Waals surface area (Å²) in [6.07, 6.45) is 2.11. The summed E-state index contributed by atoms with van der Waals surface area (Å²) in [5.41, 5.74) is 7.11. The van der Waals surface area contributed by atoms with Crippen LogP contribution in [0.3, 0.4) is 0 Å². The molecule has 2 N–H and O–H groups in total. The van der Waals surface area contributed by atoms with E-state index in [1.807, 2.05) is 12.1 Å². The van der Waals surface area contributed by atoms with Crippen LogP contribution in [0.2, 0.25) is 0 Å². The highest BCUT2D eigenvalue weighted by Crippen LogP contribution is 2.30. The Balaban J connectivity index is 2.12. The number of ether oxygens (including phenoxy) is 1. The molecule has 0 bridgehead atoms. The minimum atomic E-state index is 0.305. The standard InChI is InChI=1S/C13H20N2O/c1-2-9-16-13-6-4-3-5-12(13)15-8-7-11(14)10-15/h3-6,11H,2,7-10,14H2,1H3. The third-order valence-corrected chi connectivity index (χ3v) is 2.89. The van der Waals surface area contributed by atoms with Crippen molar-refractivity contribution in [2.24, 2.45) is 5.73 Å².